The van der Waals surface area contributed by atoms with Crippen LogP contribution in [0.5, 0.6) is 5.75 Å². The highest BCUT2D eigenvalue weighted by atomic mass is 16.5. The van der Waals surface area contributed by atoms with Crippen LogP contribution < -0.4 is 10.1 Å². The van der Waals surface area contributed by atoms with Gasteiger partial charge in [-0.25, -0.2) is 0 Å². The standard InChI is InChI=1S/C19H23NO/c1-13(2)11-15-7-9-16(10-8-15)18-12-20-17-6-4-5-14(3)19(17)21-18/h4-10,13,18,20H,11-12H2,1-3H3. The number of hydrogen-bond acceptors (Lipinski definition) is 2. The first-order valence-electron chi connectivity index (χ1n) is 7.72. The highest BCUT2D eigenvalue weighted by Gasteiger charge is 2.21. The number of hydrogen-bond donors (Lipinski definition) is 1. The van der Waals surface area contributed by atoms with E-state index in [1.165, 1.54) is 16.7 Å². The van der Waals surface area contributed by atoms with Gasteiger partial charge in [0, 0.05) is 0 Å². The van der Waals surface area contributed by atoms with Gasteiger partial charge in [-0.2, -0.15) is 0 Å². The van der Waals surface area contributed by atoms with Crippen LogP contribution in [0.1, 0.15) is 36.6 Å². The van der Waals surface area contributed by atoms with Crippen LogP contribution in [0.25, 0.3) is 0 Å². The van der Waals surface area contributed by atoms with E-state index in [1.54, 1.807) is 0 Å². The first kappa shape index (κ1) is 14.0. The van der Waals surface area contributed by atoms with Gasteiger partial charge in [-0.1, -0.05) is 50.2 Å². The molecule has 0 spiro atoms. The summed E-state index contributed by atoms with van der Waals surface area (Å²) in [4.78, 5) is 0. The summed E-state index contributed by atoms with van der Waals surface area (Å²) in [6.45, 7) is 7.41. The van der Waals surface area contributed by atoms with E-state index < -0.39 is 0 Å². The zero-order chi connectivity index (χ0) is 14.8. The lowest BCUT2D eigenvalue weighted by molar-refractivity contribution is 0.209. The van der Waals surface area contributed by atoms with Gasteiger partial charge in [-0.05, 0) is 42.0 Å². The summed E-state index contributed by atoms with van der Waals surface area (Å²) in [5.74, 6) is 1.68. The van der Waals surface area contributed by atoms with Crippen molar-refractivity contribution < 1.29 is 4.74 Å². The maximum Gasteiger partial charge on any atom is 0.146 e. The predicted octanol–water partition coefficient (Wildman–Crippen LogP) is 4.74. The van der Waals surface area contributed by atoms with Crippen LogP contribution in [-0.2, 0) is 6.42 Å². The van der Waals surface area contributed by atoms with E-state index in [0.717, 1.165) is 24.4 Å². The van der Waals surface area contributed by atoms with E-state index in [0.29, 0.717) is 5.92 Å². The average molecular weight is 281 g/mol. The lowest BCUT2D eigenvalue weighted by atomic mass is 9.99. The van der Waals surface area contributed by atoms with Crippen LogP contribution in [0.4, 0.5) is 5.69 Å². The van der Waals surface area contributed by atoms with Crippen LogP contribution in [0, 0.1) is 12.8 Å². The van der Waals surface area contributed by atoms with Gasteiger partial charge in [0.1, 0.15) is 11.9 Å². The van der Waals surface area contributed by atoms with Crippen LogP contribution >= 0.6 is 0 Å². The molecule has 0 bridgehead atoms. The summed E-state index contributed by atoms with van der Waals surface area (Å²) in [7, 11) is 0. The highest BCUT2D eigenvalue weighted by Crippen LogP contribution is 2.36. The Hall–Kier alpha value is -1.96. The molecule has 0 saturated carbocycles. The SMILES string of the molecule is Cc1cccc2c1OC(c1ccc(CC(C)C)cc1)CN2. The molecule has 1 aliphatic heterocycles. The van der Waals surface area contributed by atoms with Crippen molar-refractivity contribution in [1.29, 1.82) is 0 Å². The van der Waals surface area contributed by atoms with Crippen molar-refractivity contribution >= 4 is 5.69 Å². The molecule has 2 heteroatoms. The third-order valence-corrected chi connectivity index (χ3v) is 3.95. The normalized spacial score (nSPS) is 17.0. The molecule has 3 rings (SSSR count). The molecule has 2 aromatic rings. The summed E-state index contributed by atoms with van der Waals surface area (Å²) < 4.78 is 6.21. The number of para-hydroxylation sites is 1. The smallest absolute Gasteiger partial charge is 0.146 e. The lowest BCUT2D eigenvalue weighted by Crippen LogP contribution is -2.24. The molecule has 1 aliphatic rings. The Labute approximate surface area is 127 Å². The minimum atomic E-state index is 0.0895. The number of aryl methyl sites for hydroxylation is 1. The molecule has 0 amide bonds. The van der Waals surface area contributed by atoms with Crippen molar-refractivity contribution in [3.63, 3.8) is 0 Å². The van der Waals surface area contributed by atoms with Crippen molar-refractivity contribution in [2.75, 3.05) is 11.9 Å². The van der Waals surface area contributed by atoms with Crippen LogP contribution in [0.3, 0.4) is 0 Å². The summed E-state index contributed by atoms with van der Waals surface area (Å²) in [5, 5.41) is 3.47. The molecule has 1 heterocycles. The summed E-state index contributed by atoms with van der Waals surface area (Å²) in [6, 6.07) is 15.1. The maximum absolute atomic E-state index is 6.21. The van der Waals surface area contributed by atoms with Gasteiger partial charge in [-0.3, -0.25) is 0 Å². The van der Waals surface area contributed by atoms with Crippen molar-refractivity contribution in [3.8, 4) is 5.75 Å². The minimum absolute atomic E-state index is 0.0895. The highest BCUT2D eigenvalue weighted by molar-refractivity contribution is 5.61. The molecule has 1 unspecified atom stereocenters. The van der Waals surface area contributed by atoms with E-state index in [9.17, 15) is 0 Å². The van der Waals surface area contributed by atoms with Gasteiger partial charge in [0.15, 0.2) is 0 Å². The zero-order valence-corrected chi connectivity index (χ0v) is 13.0. The Kier molecular flexibility index (Phi) is 3.87. The number of ether oxygens (including phenoxy) is 1. The lowest BCUT2D eigenvalue weighted by Gasteiger charge is -2.29. The van der Waals surface area contributed by atoms with Gasteiger partial charge in [-0.15, -0.1) is 0 Å². The van der Waals surface area contributed by atoms with Gasteiger partial charge in [0.25, 0.3) is 0 Å². The van der Waals surface area contributed by atoms with Crippen LogP contribution in [-0.4, -0.2) is 6.54 Å². The molecule has 2 aromatic carbocycles. The largest absolute Gasteiger partial charge is 0.481 e. The molecule has 0 aliphatic carbocycles. The molecule has 21 heavy (non-hydrogen) atoms. The molecule has 1 atom stereocenters. The molecular formula is C19H23NO. The zero-order valence-electron chi connectivity index (χ0n) is 13.0. The Balaban J connectivity index is 1.78. The first-order chi connectivity index (χ1) is 10.1. The second kappa shape index (κ2) is 5.80. The number of nitrogens with one attached hydrogen (secondary N) is 1. The number of rotatable bonds is 3. The van der Waals surface area contributed by atoms with Crippen molar-refractivity contribution in [3.05, 3.63) is 59.2 Å². The van der Waals surface area contributed by atoms with E-state index in [1.807, 2.05) is 0 Å². The van der Waals surface area contributed by atoms with Gasteiger partial charge in [0.2, 0.25) is 0 Å². The molecule has 0 saturated heterocycles. The van der Waals surface area contributed by atoms with E-state index in [-0.39, 0.29) is 6.10 Å². The molecular weight excluding hydrogens is 258 g/mol. The summed E-state index contributed by atoms with van der Waals surface area (Å²) in [6.07, 6.45) is 1.22. The Morgan fingerprint density at radius 2 is 1.90 bits per heavy atom. The second-order valence-electron chi connectivity index (χ2n) is 6.28. The third kappa shape index (κ3) is 3.05. The third-order valence-electron chi connectivity index (χ3n) is 3.95. The van der Waals surface area contributed by atoms with Gasteiger partial charge >= 0.3 is 0 Å². The fourth-order valence-electron chi connectivity index (χ4n) is 2.86. The number of benzene rings is 2. The van der Waals surface area contributed by atoms with Gasteiger partial charge < -0.3 is 10.1 Å². The number of fused-ring (bicyclic) bond motifs is 1. The van der Waals surface area contributed by atoms with Gasteiger partial charge in [0.05, 0.1) is 12.2 Å². The van der Waals surface area contributed by atoms with Crippen molar-refractivity contribution in [2.24, 2.45) is 5.92 Å². The second-order valence-corrected chi connectivity index (χ2v) is 6.28. The summed E-state index contributed by atoms with van der Waals surface area (Å²) >= 11 is 0. The molecule has 0 aromatic heterocycles. The average Bonchev–Trinajstić information content (AvgIpc) is 2.48. The Bertz CT molecular complexity index is 616. The summed E-state index contributed by atoms with van der Waals surface area (Å²) in [5.41, 5.74) is 4.92. The van der Waals surface area contributed by atoms with Crippen molar-refractivity contribution in [1.82, 2.24) is 0 Å². The molecule has 1 N–H and O–H groups in total. The first-order valence-corrected chi connectivity index (χ1v) is 7.72. The predicted molar refractivity (Wildman–Crippen MR) is 88.0 cm³/mol. The fraction of sp³-hybridized carbons (Fsp3) is 0.368. The van der Waals surface area contributed by atoms with E-state index in [4.69, 9.17) is 4.74 Å². The molecule has 0 fully saturated rings. The van der Waals surface area contributed by atoms with Crippen molar-refractivity contribution in [2.45, 2.75) is 33.3 Å². The topological polar surface area (TPSA) is 21.3 Å². The fourth-order valence-corrected chi connectivity index (χ4v) is 2.86. The quantitative estimate of drug-likeness (QED) is 0.877. The minimum Gasteiger partial charge on any atom is -0.481 e. The molecule has 110 valence electrons. The number of anilines is 1. The molecule has 0 radical (unpaired) electrons. The molecule has 2 nitrogen and oxygen atoms in total. The van der Waals surface area contributed by atoms with E-state index in [2.05, 4.69) is 68.6 Å². The van der Waals surface area contributed by atoms with Crippen LogP contribution in [0.15, 0.2) is 42.5 Å². The monoisotopic (exact) mass is 281 g/mol. The Morgan fingerprint density at radius 1 is 1.14 bits per heavy atom. The Morgan fingerprint density at radius 3 is 2.62 bits per heavy atom. The maximum atomic E-state index is 6.21. The van der Waals surface area contributed by atoms with Crippen LogP contribution in [0.2, 0.25) is 0 Å². The van der Waals surface area contributed by atoms with E-state index >= 15 is 0 Å².